The van der Waals surface area contributed by atoms with E-state index in [4.69, 9.17) is 5.73 Å². The van der Waals surface area contributed by atoms with Gasteiger partial charge in [-0.2, -0.15) is 13.2 Å². The molecular weight excluding hydrogens is 345 g/mol. The van der Waals surface area contributed by atoms with Crippen LogP contribution in [-0.2, 0) is 6.54 Å². The molecule has 0 saturated carbocycles. The average molecular weight is 363 g/mol. The lowest BCUT2D eigenvalue weighted by Gasteiger charge is -2.20. The summed E-state index contributed by atoms with van der Waals surface area (Å²) in [5.74, 6) is 0. The Morgan fingerprint density at radius 3 is 2.38 bits per heavy atom. The van der Waals surface area contributed by atoms with Crippen LogP contribution in [-0.4, -0.2) is 10.7 Å². The Bertz CT molecular complexity index is 653. The van der Waals surface area contributed by atoms with Crippen LogP contribution in [0.25, 0.3) is 10.9 Å². The topological polar surface area (TPSA) is 30.9 Å². The van der Waals surface area contributed by atoms with Gasteiger partial charge in [-0.3, -0.25) is 0 Å². The minimum Gasteiger partial charge on any atom is -0.347 e. The highest BCUT2D eigenvalue weighted by Gasteiger charge is 2.39. The third-order valence-corrected chi connectivity index (χ3v) is 3.70. The predicted molar refractivity (Wildman–Crippen MR) is 82.1 cm³/mol. The third kappa shape index (κ3) is 3.61. The summed E-state index contributed by atoms with van der Waals surface area (Å²) in [4.78, 5) is 0. The van der Waals surface area contributed by atoms with E-state index in [1.165, 1.54) is 6.20 Å². The Hall–Kier alpha value is -1.01. The van der Waals surface area contributed by atoms with Crippen molar-refractivity contribution in [1.82, 2.24) is 4.57 Å². The van der Waals surface area contributed by atoms with E-state index in [2.05, 4.69) is 15.9 Å². The Labute approximate surface area is 130 Å². The molecule has 1 heterocycles. The number of hydrogen-bond donors (Lipinski definition) is 1. The molecule has 0 fully saturated rings. The quantitative estimate of drug-likeness (QED) is 0.799. The number of alkyl halides is 3. The number of nitrogens with two attached hydrogens (primary N) is 1. The maximum atomic E-state index is 12.9. The van der Waals surface area contributed by atoms with Gasteiger partial charge in [0.2, 0.25) is 0 Å². The molecule has 0 aliphatic heterocycles. The van der Waals surface area contributed by atoms with Crippen molar-refractivity contribution in [3.8, 4) is 0 Å². The summed E-state index contributed by atoms with van der Waals surface area (Å²) < 4.78 is 41.5. The highest BCUT2D eigenvalue weighted by Crippen LogP contribution is 2.37. The molecule has 6 heteroatoms. The molecular formula is C15H18BrF3N2. The van der Waals surface area contributed by atoms with Crippen molar-refractivity contribution in [2.24, 2.45) is 11.1 Å². The second-order valence-electron chi connectivity index (χ2n) is 6.45. The third-order valence-electron chi connectivity index (χ3n) is 3.21. The van der Waals surface area contributed by atoms with Gasteiger partial charge in [0.1, 0.15) is 6.04 Å². The van der Waals surface area contributed by atoms with E-state index in [0.29, 0.717) is 11.9 Å². The van der Waals surface area contributed by atoms with Gasteiger partial charge in [0.25, 0.3) is 0 Å². The number of fused-ring (bicyclic) bond motifs is 1. The minimum atomic E-state index is -4.45. The molecule has 0 unspecified atom stereocenters. The van der Waals surface area contributed by atoms with Gasteiger partial charge in [0, 0.05) is 33.7 Å². The molecule has 0 spiro atoms. The first kappa shape index (κ1) is 16.4. The lowest BCUT2D eigenvalue weighted by molar-refractivity contribution is -0.148. The van der Waals surface area contributed by atoms with Crippen molar-refractivity contribution < 1.29 is 13.2 Å². The van der Waals surface area contributed by atoms with Gasteiger partial charge in [0.05, 0.1) is 0 Å². The minimum absolute atomic E-state index is 0.0478. The van der Waals surface area contributed by atoms with Crippen molar-refractivity contribution in [2.75, 3.05) is 0 Å². The molecule has 2 nitrogen and oxygen atoms in total. The fourth-order valence-corrected chi connectivity index (χ4v) is 2.71. The summed E-state index contributed by atoms with van der Waals surface area (Å²) in [6.07, 6.45) is -2.92. The zero-order chi connectivity index (χ0) is 16.0. The molecule has 0 aliphatic rings. The lowest BCUT2D eigenvalue weighted by Crippen LogP contribution is -2.28. The van der Waals surface area contributed by atoms with Gasteiger partial charge in [-0.25, -0.2) is 0 Å². The molecule has 116 valence electrons. The number of aromatic nitrogens is 1. The van der Waals surface area contributed by atoms with Gasteiger partial charge in [-0.1, -0.05) is 42.8 Å². The molecule has 2 N–H and O–H groups in total. The van der Waals surface area contributed by atoms with E-state index in [1.54, 1.807) is 12.1 Å². The van der Waals surface area contributed by atoms with E-state index in [1.807, 2.05) is 31.4 Å². The predicted octanol–water partition coefficient (Wildman–Crippen LogP) is 5.01. The molecule has 1 aromatic carbocycles. The van der Waals surface area contributed by atoms with E-state index < -0.39 is 12.2 Å². The SMILES string of the molecule is CC(C)(C)Cn1cc([C@H](N)C(F)(F)F)c2ccc(Br)cc21. The second kappa shape index (κ2) is 5.32. The lowest BCUT2D eigenvalue weighted by atomic mass is 9.97. The summed E-state index contributed by atoms with van der Waals surface area (Å²) >= 11 is 3.37. The van der Waals surface area contributed by atoms with Gasteiger partial charge in [-0.05, 0) is 17.5 Å². The summed E-state index contributed by atoms with van der Waals surface area (Å²) in [6, 6.07) is 3.27. The molecule has 0 radical (unpaired) electrons. The van der Waals surface area contributed by atoms with E-state index in [-0.39, 0.29) is 11.0 Å². The molecule has 21 heavy (non-hydrogen) atoms. The largest absolute Gasteiger partial charge is 0.407 e. The van der Waals surface area contributed by atoms with Crippen molar-refractivity contribution in [3.05, 3.63) is 34.4 Å². The molecule has 0 bridgehead atoms. The van der Waals surface area contributed by atoms with Crippen molar-refractivity contribution in [1.29, 1.82) is 0 Å². The van der Waals surface area contributed by atoms with Crippen LogP contribution in [0.5, 0.6) is 0 Å². The van der Waals surface area contributed by atoms with Crippen LogP contribution in [0.3, 0.4) is 0 Å². The summed E-state index contributed by atoms with van der Waals surface area (Å²) in [6.45, 7) is 6.74. The Morgan fingerprint density at radius 2 is 1.86 bits per heavy atom. The van der Waals surface area contributed by atoms with Crippen LogP contribution in [0, 0.1) is 5.41 Å². The maximum absolute atomic E-state index is 12.9. The molecule has 2 rings (SSSR count). The number of halogens is 4. The van der Waals surface area contributed by atoms with Gasteiger partial charge < -0.3 is 10.3 Å². The zero-order valence-electron chi connectivity index (χ0n) is 12.1. The maximum Gasteiger partial charge on any atom is 0.407 e. The molecule has 1 atom stereocenters. The Balaban J connectivity index is 2.63. The number of rotatable bonds is 2. The highest BCUT2D eigenvalue weighted by atomic mass is 79.9. The fraction of sp³-hybridized carbons (Fsp3) is 0.467. The van der Waals surface area contributed by atoms with Gasteiger partial charge in [0.15, 0.2) is 0 Å². The molecule has 0 saturated heterocycles. The number of hydrogen-bond acceptors (Lipinski definition) is 1. The van der Waals surface area contributed by atoms with Crippen LogP contribution in [0.15, 0.2) is 28.9 Å². The molecule has 2 aromatic rings. The number of benzene rings is 1. The summed E-state index contributed by atoms with van der Waals surface area (Å²) in [5, 5.41) is 0.548. The number of nitrogens with zero attached hydrogens (tertiary/aromatic N) is 1. The first-order valence-electron chi connectivity index (χ1n) is 6.59. The average Bonchev–Trinajstić information content (AvgIpc) is 2.63. The van der Waals surface area contributed by atoms with Crippen molar-refractivity contribution in [3.63, 3.8) is 0 Å². The van der Waals surface area contributed by atoms with E-state index in [0.717, 1.165) is 9.99 Å². The van der Waals surface area contributed by atoms with Crippen molar-refractivity contribution in [2.45, 2.75) is 39.5 Å². The summed E-state index contributed by atoms with van der Waals surface area (Å²) in [5.41, 5.74) is 6.23. The van der Waals surface area contributed by atoms with Gasteiger partial charge in [-0.15, -0.1) is 0 Å². The van der Waals surface area contributed by atoms with Crippen LogP contribution in [0.4, 0.5) is 13.2 Å². The molecule has 0 aliphatic carbocycles. The Morgan fingerprint density at radius 1 is 1.24 bits per heavy atom. The zero-order valence-corrected chi connectivity index (χ0v) is 13.7. The standard InChI is InChI=1S/C15H18BrF3N2/c1-14(2,3)8-21-7-11(13(20)15(17,18)19)10-5-4-9(16)6-12(10)21/h4-7,13H,8,20H2,1-3H3/t13-/m0/s1. The van der Waals surface area contributed by atoms with Crippen molar-refractivity contribution >= 4 is 26.8 Å². The normalized spacial score (nSPS) is 14.7. The van der Waals surface area contributed by atoms with E-state index in [9.17, 15) is 13.2 Å². The van der Waals surface area contributed by atoms with E-state index >= 15 is 0 Å². The second-order valence-corrected chi connectivity index (χ2v) is 7.37. The molecule has 0 amide bonds. The van der Waals surface area contributed by atoms with Gasteiger partial charge >= 0.3 is 6.18 Å². The monoisotopic (exact) mass is 362 g/mol. The van der Waals surface area contributed by atoms with Crippen LogP contribution < -0.4 is 5.73 Å². The first-order valence-corrected chi connectivity index (χ1v) is 7.39. The Kier molecular flexibility index (Phi) is 4.14. The first-order chi connectivity index (χ1) is 9.49. The van der Waals surface area contributed by atoms with Crippen LogP contribution in [0.2, 0.25) is 0 Å². The fourth-order valence-electron chi connectivity index (χ4n) is 2.36. The molecule has 1 aromatic heterocycles. The van der Waals surface area contributed by atoms with Crippen LogP contribution in [0.1, 0.15) is 32.4 Å². The highest BCUT2D eigenvalue weighted by molar-refractivity contribution is 9.10. The van der Waals surface area contributed by atoms with Crippen LogP contribution >= 0.6 is 15.9 Å². The summed E-state index contributed by atoms with van der Waals surface area (Å²) in [7, 11) is 0. The smallest absolute Gasteiger partial charge is 0.347 e.